The molecule has 3 rings (SSSR count). The smallest absolute Gasteiger partial charge is 0.0604 e. The van der Waals surface area contributed by atoms with E-state index in [1.807, 2.05) is 30.6 Å². The van der Waals surface area contributed by atoms with Crippen LogP contribution < -0.4 is 5.73 Å². The van der Waals surface area contributed by atoms with E-state index >= 15 is 0 Å². The molecule has 0 unspecified atom stereocenters. The maximum absolute atomic E-state index is 5.65. The van der Waals surface area contributed by atoms with Crippen LogP contribution in [0.4, 0.5) is 0 Å². The van der Waals surface area contributed by atoms with Crippen molar-refractivity contribution in [3.05, 3.63) is 71.3 Å². The largest absolute Gasteiger partial charge is 0.327 e. The van der Waals surface area contributed by atoms with Crippen molar-refractivity contribution < 1.29 is 0 Å². The number of piperidine rings is 1. The van der Waals surface area contributed by atoms with Gasteiger partial charge in [-0.3, -0.25) is 14.9 Å². The highest BCUT2D eigenvalue weighted by Crippen LogP contribution is 2.41. The first-order chi connectivity index (χ1) is 12.2. The van der Waals surface area contributed by atoms with Gasteiger partial charge in [0.25, 0.3) is 0 Å². The minimum atomic E-state index is 0.323. The number of nitrogens with two attached hydrogens (primary N) is 1. The van der Waals surface area contributed by atoms with E-state index < -0.39 is 0 Å². The number of aryl methyl sites for hydroxylation is 2. The number of aromatic nitrogens is 2. The fourth-order valence-corrected chi connectivity index (χ4v) is 3.88. The molecule has 0 bridgehead atoms. The highest BCUT2D eigenvalue weighted by Gasteiger charge is 2.34. The first-order valence-electron chi connectivity index (χ1n) is 9.16. The molecule has 1 saturated heterocycles. The van der Waals surface area contributed by atoms with Crippen LogP contribution in [0.5, 0.6) is 0 Å². The summed E-state index contributed by atoms with van der Waals surface area (Å²) in [7, 11) is 0. The molecule has 2 aromatic rings. The predicted molar refractivity (Wildman–Crippen MR) is 102 cm³/mol. The summed E-state index contributed by atoms with van der Waals surface area (Å²) in [5, 5.41) is 0. The highest BCUT2D eigenvalue weighted by molar-refractivity contribution is 5.26. The van der Waals surface area contributed by atoms with Gasteiger partial charge < -0.3 is 5.73 Å². The van der Waals surface area contributed by atoms with Crippen LogP contribution in [0.2, 0.25) is 0 Å². The highest BCUT2D eigenvalue weighted by atomic mass is 15.2. The van der Waals surface area contributed by atoms with Gasteiger partial charge in [-0.25, -0.2) is 0 Å². The fourth-order valence-electron chi connectivity index (χ4n) is 3.88. The van der Waals surface area contributed by atoms with Crippen molar-refractivity contribution in [1.29, 1.82) is 0 Å². The summed E-state index contributed by atoms with van der Waals surface area (Å²) in [6.07, 6.45) is 11.5. The number of likely N-dealkylation sites (tertiary alicyclic amines) is 1. The number of rotatable bonds is 5. The number of hydrogen-bond donors (Lipinski definition) is 1. The molecule has 132 valence electrons. The van der Waals surface area contributed by atoms with Crippen molar-refractivity contribution in [3.8, 4) is 0 Å². The van der Waals surface area contributed by atoms with Gasteiger partial charge in [0, 0.05) is 25.5 Å². The van der Waals surface area contributed by atoms with Crippen molar-refractivity contribution >= 4 is 0 Å². The zero-order chi connectivity index (χ0) is 17.6. The van der Waals surface area contributed by atoms with Crippen LogP contribution in [-0.4, -0.2) is 28.0 Å². The third-order valence-corrected chi connectivity index (χ3v) is 5.11. The summed E-state index contributed by atoms with van der Waals surface area (Å²) in [5.74, 6) is 0. The Hall–Kier alpha value is -2.04. The fraction of sp³-hybridized carbons (Fsp3) is 0.429. The topological polar surface area (TPSA) is 55.0 Å². The predicted octanol–water partition coefficient (Wildman–Crippen LogP) is 3.88. The molecule has 0 spiro atoms. The van der Waals surface area contributed by atoms with Crippen molar-refractivity contribution in [1.82, 2.24) is 14.9 Å². The van der Waals surface area contributed by atoms with Gasteiger partial charge in [0.1, 0.15) is 0 Å². The van der Waals surface area contributed by atoms with Crippen LogP contribution in [0.15, 0.2) is 48.8 Å². The van der Waals surface area contributed by atoms with Crippen molar-refractivity contribution in [2.45, 2.75) is 45.2 Å². The second kappa shape index (κ2) is 8.37. The van der Waals surface area contributed by atoms with Gasteiger partial charge >= 0.3 is 0 Å². The van der Waals surface area contributed by atoms with E-state index in [4.69, 9.17) is 15.7 Å². The number of hydrogen-bond acceptors (Lipinski definition) is 4. The summed E-state index contributed by atoms with van der Waals surface area (Å²) in [5.41, 5.74) is 10.6. The Balaban J connectivity index is 1.98. The molecule has 2 aromatic heterocycles. The normalized spacial score (nSPS) is 21.7. The SMILES string of the molecule is Cc1cccnc1[C@H]1CCC[C@@H](c2ncccc2C)N1CC=CCN. The number of pyridine rings is 2. The van der Waals surface area contributed by atoms with Gasteiger partial charge in [0.05, 0.1) is 23.5 Å². The molecule has 1 aliphatic heterocycles. The lowest BCUT2D eigenvalue weighted by Crippen LogP contribution is -2.38. The zero-order valence-corrected chi connectivity index (χ0v) is 15.2. The molecule has 0 radical (unpaired) electrons. The van der Waals surface area contributed by atoms with E-state index in [2.05, 4.69) is 37.0 Å². The maximum Gasteiger partial charge on any atom is 0.0604 e. The molecular weight excluding hydrogens is 308 g/mol. The molecule has 0 amide bonds. The van der Waals surface area contributed by atoms with E-state index in [-0.39, 0.29) is 0 Å². The standard InChI is InChI=1S/C21H28N4/c1-16-8-6-13-23-20(16)18-10-5-11-19(25(18)15-4-3-12-22)21-17(2)9-7-14-24-21/h3-4,6-9,13-14,18-19H,5,10-12,15,22H2,1-2H3/t18-,19+. The quantitative estimate of drug-likeness (QED) is 0.842. The Morgan fingerprint density at radius 3 is 2.04 bits per heavy atom. The Labute approximate surface area is 150 Å². The van der Waals surface area contributed by atoms with Crippen LogP contribution in [0.25, 0.3) is 0 Å². The molecule has 3 heterocycles. The molecule has 0 aromatic carbocycles. The molecule has 4 nitrogen and oxygen atoms in total. The van der Waals surface area contributed by atoms with Crippen LogP contribution >= 0.6 is 0 Å². The van der Waals surface area contributed by atoms with E-state index in [1.54, 1.807) is 0 Å². The number of nitrogens with zero attached hydrogens (tertiary/aromatic N) is 3. The molecule has 1 fully saturated rings. The first-order valence-corrected chi connectivity index (χ1v) is 9.16. The summed E-state index contributed by atoms with van der Waals surface area (Å²) in [6.45, 7) is 5.77. The van der Waals surface area contributed by atoms with E-state index in [0.29, 0.717) is 18.6 Å². The average Bonchev–Trinajstić information content (AvgIpc) is 2.63. The summed E-state index contributed by atoms with van der Waals surface area (Å²) < 4.78 is 0. The first kappa shape index (κ1) is 17.8. The Bertz CT molecular complexity index is 672. The minimum absolute atomic E-state index is 0.323. The van der Waals surface area contributed by atoms with Crippen molar-refractivity contribution in [2.24, 2.45) is 5.73 Å². The lowest BCUT2D eigenvalue weighted by Gasteiger charge is -2.42. The van der Waals surface area contributed by atoms with Crippen LogP contribution in [0, 0.1) is 13.8 Å². The van der Waals surface area contributed by atoms with Gasteiger partial charge in [0.15, 0.2) is 0 Å². The molecule has 0 saturated carbocycles. The van der Waals surface area contributed by atoms with Crippen molar-refractivity contribution in [2.75, 3.05) is 13.1 Å². The lowest BCUT2D eigenvalue weighted by molar-refractivity contribution is 0.0901. The molecule has 4 heteroatoms. The molecule has 1 aliphatic rings. The lowest BCUT2D eigenvalue weighted by atomic mass is 9.89. The second-order valence-corrected chi connectivity index (χ2v) is 6.78. The average molecular weight is 336 g/mol. The third kappa shape index (κ3) is 3.97. The second-order valence-electron chi connectivity index (χ2n) is 6.78. The summed E-state index contributed by atoms with van der Waals surface area (Å²) >= 11 is 0. The van der Waals surface area contributed by atoms with Crippen LogP contribution in [0.1, 0.15) is 53.9 Å². The minimum Gasteiger partial charge on any atom is -0.327 e. The van der Waals surface area contributed by atoms with Gasteiger partial charge in [-0.2, -0.15) is 0 Å². The monoisotopic (exact) mass is 336 g/mol. The summed E-state index contributed by atoms with van der Waals surface area (Å²) in [6, 6.07) is 8.99. The maximum atomic E-state index is 5.65. The molecule has 2 atom stereocenters. The van der Waals surface area contributed by atoms with Crippen LogP contribution in [-0.2, 0) is 0 Å². The van der Waals surface area contributed by atoms with Crippen LogP contribution in [0.3, 0.4) is 0 Å². The van der Waals surface area contributed by atoms with E-state index in [0.717, 1.165) is 19.4 Å². The van der Waals surface area contributed by atoms with E-state index in [1.165, 1.54) is 28.9 Å². The van der Waals surface area contributed by atoms with Gasteiger partial charge in [-0.1, -0.05) is 24.3 Å². The molecule has 2 N–H and O–H groups in total. The summed E-state index contributed by atoms with van der Waals surface area (Å²) in [4.78, 5) is 12.0. The Kier molecular flexibility index (Phi) is 5.95. The van der Waals surface area contributed by atoms with Crippen molar-refractivity contribution in [3.63, 3.8) is 0 Å². The Morgan fingerprint density at radius 1 is 1.00 bits per heavy atom. The van der Waals surface area contributed by atoms with E-state index in [9.17, 15) is 0 Å². The molecular formula is C21H28N4. The zero-order valence-electron chi connectivity index (χ0n) is 15.2. The van der Waals surface area contributed by atoms with Gasteiger partial charge in [-0.05, 0) is 56.4 Å². The third-order valence-electron chi connectivity index (χ3n) is 5.11. The van der Waals surface area contributed by atoms with Gasteiger partial charge in [-0.15, -0.1) is 0 Å². The Morgan fingerprint density at radius 2 is 1.56 bits per heavy atom. The van der Waals surface area contributed by atoms with Gasteiger partial charge in [0.2, 0.25) is 0 Å². The molecule has 25 heavy (non-hydrogen) atoms. The molecule has 0 aliphatic carbocycles.